The number of hydrogen-bond acceptors (Lipinski definition) is 2. The molecule has 0 bridgehead atoms. The lowest BCUT2D eigenvalue weighted by Crippen LogP contribution is -2.01. The lowest BCUT2D eigenvalue weighted by atomic mass is 10.0. The zero-order valence-electron chi connectivity index (χ0n) is 11.6. The van der Waals surface area contributed by atoms with Crippen LogP contribution in [0.2, 0.25) is 0 Å². The average molecular weight is 295 g/mol. The van der Waals surface area contributed by atoms with E-state index >= 15 is 0 Å². The van der Waals surface area contributed by atoms with E-state index < -0.39 is 5.38 Å². The van der Waals surface area contributed by atoms with E-state index in [4.69, 9.17) is 21.1 Å². The van der Waals surface area contributed by atoms with Gasteiger partial charge < -0.3 is 9.47 Å². The second-order valence-corrected chi connectivity index (χ2v) is 4.88. The van der Waals surface area contributed by atoms with E-state index in [9.17, 15) is 4.39 Å². The largest absolute Gasteiger partial charge is 0.497 e. The van der Waals surface area contributed by atoms with Crippen molar-refractivity contribution in [3.05, 3.63) is 58.9 Å². The summed E-state index contributed by atoms with van der Waals surface area (Å²) in [7, 11) is 3.13. The molecule has 0 aromatic heterocycles. The van der Waals surface area contributed by atoms with Gasteiger partial charge in [-0.15, -0.1) is 11.6 Å². The summed E-state index contributed by atoms with van der Waals surface area (Å²) < 4.78 is 24.6. The molecule has 2 aromatic carbocycles. The maximum Gasteiger partial charge on any atom is 0.131 e. The van der Waals surface area contributed by atoms with Gasteiger partial charge >= 0.3 is 0 Å². The van der Waals surface area contributed by atoms with E-state index in [0.29, 0.717) is 28.2 Å². The smallest absolute Gasteiger partial charge is 0.131 e. The Labute approximate surface area is 123 Å². The predicted octanol–water partition coefficient (Wildman–Crippen LogP) is 4.48. The van der Waals surface area contributed by atoms with Crippen molar-refractivity contribution < 1.29 is 13.9 Å². The van der Waals surface area contributed by atoms with Gasteiger partial charge in [0.2, 0.25) is 0 Å². The summed E-state index contributed by atoms with van der Waals surface area (Å²) in [6.07, 6.45) is 0. The van der Waals surface area contributed by atoms with Crippen LogP contribution in [0.3, 0.4) is 0 Å². The van der Waals surface area contributed by atoms with Crippen LogP contribution in [-0.2, 0) is 0 Å². The Morgan fingerprint density at radius 1 is 1.05 bits per heavy atom. The van der Waals surface area contributed by atoms with E-state index in [1.54, 1.807) is 57.5 Å². The molecule has 0 aliphatic heterocycles. The fraction of sp³-hybridized carbons (Fsp3) is 0.250. The highest BCUT2D eigenvalue weighted by Crippen LogP contribution is 2.38. The molecule has 0 saturated heterocycles. The lowest BCUT2D eigenvalue weighted by Gasteiger charge is -2.16. The number of ether oxygens (including phenoxy) is 2. The third-order valence-corrected chi connectivity index (χ3v) is 3.68. The number of benzene rings is 2. The molecule has 0 aliphatic rings. The summed E-state index contributed by atoms with van der Waals surface area (Å²) in [5, 5.41) is -0.615. The molecule has 20 heavy (non-hydrogen) atoms. The van der Waals surface area contributed by atoms with Crippen molar-refractivity contribution in [3.63, 3.8) is 0 Å². The second-order valence-electron chi connectivity index (χ2n) is 4.45. The van der Waals surface area contributed by atoms with Gasteiger partial charge in [0.15, 0.2) is 0 Å². The van der Waals surface area contributed by atoms with Gasteiger partial charge in [-0.2, -0.15) is 0 Å². The topological polar surface area (TPSA) is 18.5 Å². The number of aryl methyl sites for hydroxylation is 1. The summed E-state index contributed by atoms with van der Waals surface area (Å²) in [5.74, 6) is 0.954. The molecule has 1 atom stereocenters. The zero-order valence-corrected chi connectivity index (χ0v) is 12.4. The number of alkyl halides is 1. The highest BCUT2D eigenvalue weighted by molar-refractivity contribution is 6.22. The van der Waals surface area contributed by atoms with Crippen LogP contribution < -0.4 is 9.47 Å². The summed E-state index contributed by atoms with van der Waals surface area (Å²) in [6, 6.07) is 10.5. The van der Waals surface area contributed by atoms with Gasteiger partial charge in [0.25, 0.3) is 0 Å². The highest BCUT2D eigenvalue weighted by atomic mass is 35.5. The van der Waals surface area contributed by atoms with Crippen molar-refractivity contribution in [3.8, 4) is 11.5 Å². The molecule has 0 radical (unpaired) electrons. The summed E-state index contributed by atoms with van der Waals surface area (Å²) >= 11 is 6.43. The first kappa shape index (κ1) is 14.7. The Balaban J connectivity index is 2.47. The van der Waals surface area contributed by atoms with Crippen LogP contribution in [-0.4, -0.2) is 14.2 Å². The van der Waals surface area contributed by atoms with Gasteiger partial charge in [-0.1, -0.05) is 18.2 Å². The molecule has 0 amide bonds. The zero-order chi connectivity index (χ0) is 14.7. The van der Waals surface area contributed by atoms with Gasteiger partial charge in [-0.05, 0) is 24.6 Å². The number of rotatable bonds is 4. The predicted molar refractivity (Wildman–Crippen MR) is 78.4 cm³/mol. The molecule has 2 aromatic rings. The molecule has 106 valence electrons. The first-order chi connectivity index (χ1) is 9.58. The molecular formula is C16H16ClFO2. The molecule has 0 heterocycles. The first-order valence-corrected chi connectivity index (χ1v) is 6.63. The van der Waals surface area contributed by atoms with Gasteiger partial charge in [-0.3, -0.25) is 0 Å². The van der Waals surface area contributed by atoms with Gasteiger partial charge in [0, 0.05) is 17.2 Å². The van der Waals surface area contributed by atoms with Crippen molar-refractivity contribution >= 4 is 11.6 Å². The van der Waals surface area contributed by atoms with Gasteiger partial charge in [-0.25, -0.2) is 4.39 Å². The van der Waals surface area contributed by atoms with Crippen molar-refractivity contribution in [2.75, 3.05) is 14.2 Å². The second kappa shape index (κ2) is 6.14. The fourth-order valence-corrected chi connectivity index (χ4v) is 2.41. The highest BCUT2D eigenvalue weighted by Gasteiger charge is 2.20. The molecule has 4 heteroatoms. The van der Waals surface area contributed by atoms with E-state index in [-0.39, 0.29) is 5.82 Å². The van der Waals surface area contributed by atoms with E-state index in [1.165, 1.54) is 0 Å². The molecular weight excluding hydrogens is 279 g/mol. The Kier molecular flexibility index (Phi) is 4.50. The van der Waals surface area contributed by atoms with Crippen molar-refractivity contribution in [1.82, 2.24) is 0 Å². The van der Waals surface area contributed by atoms with Crippen molar-refractivity contribution in [1.29, 1.82) is 0 Å². The van der Waals surface area contributed by atoms with E-state index in [1.807, 2.05) is 0 Å². The molecule has 1 unspecified atom stereocenters. The molecule has 0 spiro atoms. The van der Waals surface area contributed by atoms with Crippen LogP contribution in [0, 0.1) is 12.7 Å². The fourth-order valence-electron chi connectivity index (χ4n) is 2.06. The Hall–Kier alpha value is -1.74. The van der Waals surface area contributed by atoms with E-state index in [0.717, 1.165) is 0 Å². The quantitative estimate of drug-likeness (QED) is 0.774. The molecule has 0 aliphatic carbocycles. The maximum absolute atomic E-state index is 14.2. The summed E-state index contributed by atoms with van der Waals surface area (Å²) in [4.78, 5) is 0. The van der Waals surface area contributed by atoms with Gasteiger partial charge in [0.05, 0.1) is 19.6 Å². The minimum absolute atomic E-state index is 0.287. The molecule has 2 rings (SSSR count). The summed E-state index contributed by atoms with van der Waals surface area (Å²) in [6.45, 7) is 1.72. The van der Waals surface area contributed by atoms with Crippen LogP contribution in [0.25, 0.3) is 0 Å². The van der Waals surface area contributed by atoms with E-state index in [2.05, 4.69) is 0 Å². The van der Waals surface area contributed by atoms with Gasteiger partial charge in [0.1, 0.15) is 17.3 Å². The third kappa shape index (κ3) is 2.73. The van der Waals surface area contributed by atoms with Crippen LogP contribution in [0.15, 0.2) is 36.4 Å². The third-order valence-electron chi connectivity index (χ3n) is 3.21. The minimum atomic E-state index is -0.615. The Morgan fingerprint density at radius 2 is 1.80 bits per heavy atom. The van der Waals surface area contributed by atoms with Crippen LogP contribution in [0.4, 0.5) is 4.39 Å². The molecule has 0 N–H and O–H groups in total. The average Bonchev–Trinajstić information content (AvgIpc) is 2.48. The monoisotopic (exact) mass is 294 g/mol. The van der Waals surface area contributed by atoms with Crippen molar-refractivity contribution in [2.45, 2.75) is 12.3 Å². The number of methoxy groups -OCH3 is 2. The standard InChI is InChI=1S/C16H16ClFO2/c1-10-5-4-6-13(16(10)18)15(17)12-8-7-11(19-2)9-14(12)20-3/h4-9,15H,1-3H3. The lowest BCUT2D eigenvalue weighted by molar-refractivity contribution is 0.391. The van der Waals surface area contributed by atoms with Crippen LogP contribution in [0.1, 0.15) is 22.1 Å². The molecule has 0 fully saturated rings. The summed E-state index contributed by atoms with van der Waals surface area (Å²) in [5.41, 5.74) is 1.72. The first-order valence-electron chi connectivity index (χ1n) is 6.19. The molecule has 2 nitrogen and oxygen atoms in total. The Bertz CT molecular complexity index is 613. The normalized spacial score (nSPS) is 12.1. The van der Waals surface area contributed by atoms with Crippen molar-refractivity contribution in [2.24, 2.45) is 0 Å². The van der Waals surface area contributed by atoms with Crippen LogP contribution >= 0.6 is 11.6 Å². The Morgan fingerprint density at radius 3 is 2.45 bits per heavy atom. The molecule has 0 saturated carbocycles. The number of halogens is 2. The maximum atomic E-state index is 14.2. The number of hydrogen-bond donors (Lipinski definition) is 0. The SMILES string of the molecule is COc1ccc(C(Cl)c2cccc(C)c2F)c(OC)c1. The minimum Gasteiger partial charge on any atom is -0.497 e. The van der Waals surface area contributed by atoms with Crippen LogP contribution in [0.5, 0.6) is 11.5 Å².